The molecule has 1 aliphatic carbocycles. The van der Waals surface area contributed by atoms with E-state index >= 15 is 0 Å². The van der Waals surface area contributed by atoms with E-state index in [1.54, 1.807) is 0 Å². The Kier molecular flexibility index (Phi) is 6.99. The summed E-state index contributed by atoms with van der Waals surface area (Å²) >= 11 is 0. The van der Waals surface area contributed by atoms with Gasteiger partial charge >= 0.3 is 5.97 Å². The third-order valence-electron chi connectivity index (χ3n) is 6.53. The first-order chi connectivity index (χ1) is 15.5. The smallest absolute Gasteiger partial charge is 0.314 e. The molecule has 0 saturated heterocycles. The molecule has 1 unspecified atom stereocenters. The molecule has 0 bridgehead atoms. The standard InChI is InChI=1S/C28H28F2O2/c1-19(21-5-3-2-4-6-21)17-20-7-9-22(10-8-20)23-11-13-24(14-12-23)28(31)32-25-15-16-26(29)27(30)18-25/h2-10,15-16,18-19,23-24H,11-14,17H2,1H3. The summed E-state index contributed by atoms with van der Waals surface area (Å²) in [5.74, 6) is -1.58. The Morgan fingerprint density at radius 2 is 1.59 bits per heavy atom. The van der Waals surface area contributed by atoms with Crippen molar-refractivity contribution in [1.82, 2.24) is 0 Å². The van der Waals surface area contributed by atoms with Crippen molar-refractivity contribution < 1.29 is 18.3 Å². The van der Waals surface area contributed by atoms with Crippen LogP contribution in [0.3, 0.4) is 0 Å². The molecule has 0 aliphatic heterocycles. The molecular weight excluding hydrogens is 406 g/mol. The zero-order valence-electron chi connectivity index (χ0n) is 18.3. The molecule has 166 valence electrons. The Bertz CT molecular complexity index is 1040. The normalized spacial score (nSPS) is 19.3. The molecule has 4 heteroatoms. The maximum absolute atomic E-state index is 13.3. The number of halogens is 2. The van der Waals surface area contributed by atoms with Gasteiger partial charge in [-0.2, -0.15) is 0 Å². The number of hydrogen-bond donors (Lipinski definition) is 0. The molecule has 1 saturated carbocycles. The predicted octanol–water partition coefficient (Wildman–Crippen LogP) is 7.19. The summed E-state index contributed by atoms with van der Waals surface area (Å²) in [7, 11) is 0. The number of carbonyl (C=O) groups excluding carboxylic acids is 1. The first kappa shape index (κ1) is 22.2. The van der Waals surface area contributed by atoms with Gasteiger partial charge in [0.05, 0.1) is 5.92 Å². The van der Waals surface area contributed by atoms with Gasteiger partial charge < -0.3 is 4.74 Å². The van der Waals surface area contributed by atoms with Crippen LogP contribution in [0.15, 0.2) is 72.8 Å². The van der Waals surface area contributed by atoms with Crippen molar-refractivity contribution in [2.75, 3.05) is 0 Å². The van der Waals surface area contributed by atoms with Crippen molar-refractivity contribution >= 4 is 5.97 Å². The Hall–Kier alpha value is -3.01. The van der Waals surface area contributed by atoms with E-state index in [2.05, 4.69) is 55.5 Å². The highest BCUT2D eigenvalue weighted by atomic mass is 19.2. The zero-order valence-corrected chi connectivity index (χ0v) is 18.3. The molecule has 3 aromatic rings. The lowest BCUT2D eigenvalue weighted by Gasteiger charge is -2.27. The SMILES string of the molecule is CC(Cc1ccc(C2CCC(C(=O)Oc3ccc(F)c(F)c3)CC2)cc1)c1ccccc1. The van der Waals surface area contributed by atoms with Crippen LogP contribution in [0.4, 0.5) is 8.78 Å². The average molecular weight is 435 g/mol. The summed E-state index contributed by atoms with van der Waals surface area (Å²) in [6.45, 7) is 2.25. The molecule has 0 N–H and O–H groups in total. The van der Waals surface area contributed by atoms with Gasteiger partial charge in [-0.1, -0.05) is 61.5 Å². The van der Waals surface area contributed by atoms with Gasteiger partial charge in [0.15, 0.2) is 11.6 Å². The van der Waals surface area contributed by atoms with Gasteiger partial charge in [0.1, 0.15) is 5.75 Å². The van der Waals surface area contributed by atoms with Crippen LogP contribution >= 0.6 is 0 Å². The first-order valence-electron chi connectivity index (χ1n) is 11.3. The molecule has 0 amide bonds. The number of rotatable bonds is 6. The van der Waals surface area contributed by atoms with Gasteiger partial charge in [-0.3, -0.25) is 4.79 Å². The van der Waals surface area contributed by atoms with Gasteiger partial charge in [0.25, 0.3) is 0 Å². The van der Waals surface area contributed by atoms with E-state index in [1.165, 1.54) is 22.8 Å². The number of carbonyl (C=O) groups is 1. The maximum atomic E-state index is 13.3. The highest BCUT2D eigenvalue weighted by Gasteiger charge is 2.28. The molecule has 0 radical (unpaired) electrons. The molecular formula is C28H28F2O2. The Morgan fingerprint density at radius 1 is 0.906 bits per heavy atom. The van der Waals surface area contributed by atoms with E-state index in [-0.39, 0.29) is 17.6 Å². The van der Waals surface area contributed by atoms with Crippen molar-refractivity contribution in [1.29, 1.82) is 0 Å². The van der Waals surface area contributed by atoms with Crippen molar-refractivity contribution in [3.05, 3.63) is 101 Å². The van der Waals surface area contributed by atoms with Crippen molar-refractivity contribution in [3.8, 4) is 5.75 Å². The zero-order chi connectivity index (χ0) is 22.5. The highest BCUT2D eigenvalue weighted by molar-refractivity contribution is 5.75. The summed E-state index contributed by atoms with van der Waals surface area (Å²) in [4.78, 5) is 12.4. The maximum Gasteiger partial charge on any atom is 0.314 e. The van der Waals surface area contributed by atoms with E-state index in [4.69, 9.17) is 4.74 Å². The quantitative estimate of drug-likeness (QED) is 0.303. The molecule has 1 atom stereocenters. The van der Waals surface area contributed by atoms with E-state index < -0.39 is 11.6 Å². The molecule has 0 heterocycles. The second-order valence-corrected chi connectivity index (χ2v) is 8.80. The van der Waals surface area contributed by atoms with Crippen molar-refractivity contribution in [3.63, 3.8) is 0 Å². The largest absolute Gasteiger partial charge is 0.426 e. The van der Waals surface area contributed by atoms with E-state index in [0.29, 0.717) is 11.8 Å². The topological polar surface area (TPSA) is 26.3 Å². The molecule has 0 aromatic heterocycles. The second kappa shape index (κ2) is 10.1. The van der Waals surface area contributed by atoms with Crippen LogP contribution in [0.1, 0.15) is 61.1 Å². The summed E-state index contributed by atoms with van der Waals surface area (Å²) in [5.41, 5.74) is 3.99. The van der Waals surface area contributed by atoms with Gasteiger partial charge in [0, 0.05) is 6.07 Å². The van der Waals surface area contributed by atoms with E-state index in [9.17, 15) is 13.6 Å². The van der Waals surface area contributed by atoms with Crippen LogP contribution in [-0.2, 0) is 11.2 Å². The summed E-state index contributed by atoms with van der Waals surface area (Å²) in [5, 5.41) is 0. The van der Waals surface area contributed by atoms with Gasteiger partial charge in [-0.15, -0.1) is 0 Å². The molecule has 0 spiro atoms. The Labute approximate surface area is 188 Å². The third kappa shape index (κ3) is 5.42. The summed E-state index contributed by atoms with van der Waals surface area (Å²) in [6, 6.07) is 22.6. The molecule has 2 nitrogen and oxygen atoms in total. The fraction of sp³-hybridized carbons (Fsp3) is 0.321. The van der Waals surface area contributed by atoms with Crippen LogP contribution in [0.2, 0.25) is 0 Å². The summed E-state index contributed by atoms with van der Waals surface area (Å²) < 4.78 is 31.6. The second-order valence-electron chi connectivity index (χ2n) is 8.80. The van der Waals surface area contributed by atoms with Crippen LogP contribution in [0.25, 0.3) is 0 Å². The number of esters is 1. The predicted molar refractivity (Wildman–Crippen MR) is 122 cm³/mol. The summed E-state index contributed by atoms with van der Waals surface area (Å²) in [6.07, 6.45) is 4.31. The van der Waals surface area contributed by atoms with E-state index in [1.807, 2.05) is 6.07 Å². The minimum Gasteiger partial charge on any atom is -0.426 e. The van der Waals surface area contributed by atoms with Gasteiger partial charge in [-0.25, -0.2) is 8.78 Å². The fourth-order valence-corrected chi connectivity index (χ4v) is 4.58. The first-order valence-corrected chi connectivity index (χ1v) is 11.3. The average Bonchev–Trinajstić information content (AvgIpc) is 2.82. The van der Waals surface area contributed by atoms with Crippen LogP contribution < -0.4 is 4.74 Å². The van der Waals surface area contributed by atoms with E-state index in [0.717, 1.165) is 44.2 Å². The Morgan fingerprint density at radius 3 is 2.25 bits per heavy atom. The lowest BCUT2D eigenvalue weighted by atomic mass is 9.78. The van der Waals surface area contributed by atoms with Gasteiger partial charge in [0.2, 0.25) is 0 Å². The minimum atomic E-state index is -1.01. The number of ether oxygens (including phenoxy) is 1. The van der Waals surface area contributed by atoms with Crippen molar-refractivity contribution in [2.45, 2.75) is 50.9 Å². The minimum absolute atomic E-state index is 0.0522. The van der Waals surface area contributed by atoms with Gasteiger partial charge in [-0.05, 0) is 72.8 Å². The number of hydrogen-bond acceptors (Lipinski definition) is 2. The van der Waals surface area contributed by atoms with Crippen molar-refractivity contribution in [2.24, 2.45) is 5.92 Å². The number of benzene rings is 3. The van der Waals surface area contributed by atoms with Crippen LogP contribution in [0, 0.1) is 17.6 Å². The fourth-order valence-electron chi connectivity index (χ4n) is 4.58. The lowest BCUT2D eigenvalue weighted by molar-refractivity contribution is -0.140. The molecule has 32 heavy (non-hydrogen) atoms. The molecule has 4 rings (SSSR count). The third-order valence-corrected chi connectivity index (χ3v) is 6.53. The molecule has 3 aromatic carbocycles. The Balaban J connectivity index is 1.29. The van der Waals surface area contributed by atoms with Crippen LogP contribution in [-0.4, -0.2) is 5.97 Å². The lowest BCUT2D eigenvalue weighted by Crippen LogP contribution is -2.25. The molecule has 1 fully saturated rings. The monoisotopic (exact) mass is 434 g/mol. The highest BCUT2D eigenvalue weighted by Crippen LogP contribution is 2.37. The molecule has 1 aliphatic rings. The van der Waals surface area contributed by atoms with Crippen LogP contribution in [0.5, 0.6) is 5.75 Å².